The van der Waals surface area contributed by atoms with Crippen molar-refractivity contribution in [3.63, 3.8) is 0 Å². The fourth-order valence-electron chi connectivity index (χ4n) is 4.27. The average Bonchev–Trinajstić information content (AvgIpc) is 3.09. The van der Waals surface area contributed by atoms with Gasteiger partial charge in [-0.1, -0.05) is 31.0 Å². The van der Waals surface area contributed by atoms with Crippen LogP contribution < -0.4 is 5.32 Å². The number of halogens is 1. The van der Waals surface area contributed by atoms with Gasteiger partial charge in [-0.3, -0.25) is 0 Å². The molecule has 0 aliphatic carbocycles. The predicted octanol–water partition coefficient (Wildman–Crippen LogP) is 6.13. The lowest BCUT2D eigenvalue weighted by molar-refractivity contribution is 0.0695. The summed E-state index contributed by atoms with van der Waals surface area (Å²) in [6.07, 6.45) is 3.10. The molecular formula is C26H27ClN4O2. The minimum Gasteiger partial charge on any atom is -0.478 e. The van der Waals surface area contributed by atoms with Crippen LogP contribution >= 0.6 is 11.6 Å². The van der Waals surface area contributed by atoms with E-state index < -0.39 is 5.97 Å². The van der Waals surface area contributed by atoms with E-state index >= 15 is 0 Å². The third-order valence-corrected chi connectivity index (χ3v) is 6.04. The smallest absolute Gasteiger partial charge is 0.335 e. The van der Waals surface area contributed by atoms with Crippen molar-refractivity contribution in [2.45, 2.75) is 40.2 Å². The molecule has 4 aromatic rings. The average molecular weight is 463 g/mol. The molecule has 2 aromatic heterocycles. The number of nitrogens with zero attached hydrogens (tertiary/aromatic N) is 3. The van der Waals surface area contributed by atoms with E-state index in [-0.39, 0.29) is 0 Å². The maximum absolute atomic E-state index is 11.5. The number of fused-ring (bicyclic) bond motifs is 1. The Balaban J connectivity index is 1.52. The van der Waals surface area contributed by atoms with E-state index in [4.69, 9.17) is 11.6 Å². The highest BCUT2D eigenvalue weighted by molar-refractivity contribution is 6.35. The lowest BCUT2D eigenvalue weighted by atomic mass is 9.99. The van der Waals surface area contributed by atoms with Crippen LogP contribution in [0, 0.1) is 13.8 Å². The Morgan fingerprint density at radius 3 is 2.70 bits per heavy atom. The van der Waals surface area contributed by atoms with E-state index in [0.29, 0.717) is 18.5 Å². The quantitative estimate of drug-likeness (QED) is 0.329. The molecule has 6 nitrogen and oxygen atoms in total. The summed E-state index contributed by atoms with van der Waals surface area (Å²) in [6.45, 7) is 7.58. The molecule has 0 unspecified atom stereocenters. The molecule has 170 valence electrons. The van der Waals surface area contributed by atoms with Crippen molar-refractivity contribution in [1.29, 1.82) is 0 Å². The minimum atomic E-state index is -0.905. The normalized spacial score (nSPS) is 11.2. The number of benzene rings is 2. The van der Waals surface area contributed by atoms with Gasteiger partial charge in [-0.15, -0.1) is 0 Å². The van der Waals surface area contributed by atoms with E-state index in [1.807, 2.05) is 32.0 Å². The van der Waals surface area contributed by atoms with Crippen LogP contribution in [0.1, 0.15) is 40.5 Å². The number of hydrogen-bond acceptors (Lipinski definition) is 4. The topological polar surface area (TPSA) is 80.0 Å². The molecule has 2 heterocycles. The Labute approximate surface area is 198 Å². The molecule has 0 spiro atoms. The number of anilines is 1. The molecule has 0 bridgehead atoms. The van der Waals surface area contributed by atoms with E-state index in [1.165, 1.54) is 6.33 Å². The first-order valence-corrected chi connectivity index (χ1v) is 11.4. The van der Waals surface area contributed by atoms with Crippen molar-refractivity contribution >= 4 is 34.3 Å². The van der Waals surface area contributed by atoms with E-state index in [2.05, 4.69) is 38.9 Å². The van der Waals surface area contributed by atoms with E-state index in [1.54, 1.807) is 12.1 Å². The number of hydrogen-bond donors (Lipinski definition) is 2. The number of aromatic nitrogens is 3. The monoisotopic (exact) mass is 462 g/mol. The Bertz CT molecular complexity index is 1330. The van der Waals surface area contributed by atoms with Crippen LogP contribution in [0.3, 0.4) is 0 Å². The fraction of sp³-hybridized carbons (Fsp3) is 0.269. The minimum absolute atomic E-state index is 0.344. The van der Waals surface area contributed by atoms with Crippen molar-refractivity contribution in [3.8, 4) is 11.3 Å². The zero-order chi connectivity index (χ0) is 23.5. The lowest BCUT2D eigenvalue weighted by Crippen LogP contribution is -2.12. The molecule has 0 radical (unpaired) electrons. The highest BCUT2D eigenvalue weighted by Crippen LogP contribution is 2.29. The van der Waals surface area contributed by atoms with Gasteiger partial charge in [0.1, 0.15) is 12.1 Å². The van der Waals surface area contributed by atoms with Crippen LogP contribution in [0.15, 0.2) is 48.8 Å². The summed E-state index contributed by atoms with van der Waals surface area (Å²) in [4.78, 5) is 20.3. The highest BCUT2D eigenvalue weighted by Gasteiger charge is 2.13. The molecule has 0 amide bonds. The number of carbonyl (C=O) groups is 1. The zero-order valence-corrected chi connectivity index (χ0v) is 19.8. The van der Waals surface area contributed by atoms with Gasteiger partial charge in [0.05, 0.1) is 21.8 Å². The number of aryl methyl sites for hydroxylation is 3. The Kier molecular flexibility index (Phi) is 6.65. The van der Waals surface area contributed by atoms with Crippen LogP contribution in [0.2, 0.25) is 5.02 Å². The van der Waals surface area contributed by atoms with Crippen LogP contribution in [0.5, 0.6) is 0 Å². The SMILES string of the molecule is CCCc1cc(-c2cc(NCCn3c(C)cc4cc(C)cc(Cl)c43)ncn2)ccc1C(=O)O. The van der Waals surface area contributed by atoms with Crippen LogP contribution in [0.4, 0.5) is 5.82 Å². The molecule has 0 atom stereocenters. The van der Waals surface area contributed by atoms with Gasteiger partial charge in [0, 0.05) is 35.8 Å². The molecule has 4 rings (SSSR count). The van der Waals surface area contributed by atoms with Crippen LogP contribution in [0.25, 0.3) is 22.2 Å². The van der Waals surface area contributed by atoms with Crippen molar-refractivity contribution in [2.24, 2.45) is 0 Å². The number of rotatable bonds is 8. The molecule has 0 aliphatic rings. The summed E-state index contributed by atoms with van der Waals surface area (Å²) in [5.74, 6) is -0.187. The number of aromatic carboxylic acids is 1. The Hall–Kier alpha value is -3.38. The van der Waals surface area contributed by atoms with Gasteiger partial charge >= 0.3 is 5.97 Å². The molecule has 0 saturated heterocycles. The van der Waals surface area contributed by atoms with Crippen LogP contribution in [-0.4, -0.2) is 32.2 Å². The van der Waals surface area contributed by atoms with E-state index in [0.717, 1.165) is 62.8 Å². The number of carboxylic acids is 1. The highest BCUT2D eigenvalue weighted by atomic mass is 35.5. The summed E-state index contributed by atoms with van der Waals surface area (Å²) in [7, 11) is 0. The third-order valence-electron chi connectivity index (χ3n) is 5.76. The number of carboxylic acid groups (broad SMARTS) is 1. The van der Waals surface area contributed by atoms with Gasteiger partial charge in [0.25, 0.3) is 0 Å². The molecule has 2 N–H and O–H groups in total. The first-order chi connectivity index (χ1) is 15.9. The van der Waals surface area contributed by atoms with Crippen LogP contribution in [-0.2, 0) is 13.0 Å². The van der Waals surface area contributed by atoms with Crippen molar-refractivity contribution < 1.29 is 9.90 Å². The predicted molar refractivity (Wildman–Crippen MR) is 133 cm³/mol. The molecule has 0 saturated carbocycles. The fourth-order valence-corrected chi connectivity index (χ4v) is 4.65. The summed E-state index contributed by atoms with van der Waals surface area (Å²) < 4.78 is 2.22. The van der Waals surface area contributed by atoms with Gasteiger partial charge in [0.2, 0.25) is 0 Å². The standard InChI is InChI=1S/C26H27ClN4O2/c1-4-5-18-13-19(6-7-21(18)26(32)33)23-14-24(30-15-29-23)28-8-9-31-17(3)12-20-10-16(2)11-22(27)25(20)31/h6-7,10-15H,4-5,8-9H2,1-3H3,(H,32,33)(H,28,29,30). The lowest BCUT2D eigenvalue weighted by Gasteiger charge is -2.12. The largest absolute Gasteiger partial charge is 0.478 e. The second-order valence-electron chi connectivity index (χ2n) is 8.26. The molecule has 0 aliphatic heterocycles. The Morgan fingerprint density at radius 1 is 1.12 bits per heavy atom. The van der Waals surface area contributed by atoms with Gasteiger partial charge in [-0.05, 0) is 61.7 Å². The summed E-state index contributed by atoms with van der Waals surface area (Å²) in [6, 6.07) is 13.6. The third kappa shape index (κ3) is 4.86. The Morgan fingerprint density at radius 2 is 1.94 bits per heavy atom. The molecule has 7 heteroatoms. The second-order valence-corrected chi connectivity index (χ2v) is 8.67. The van der Waals surface area contributed by atoms with Crippen molar-refractivity contribution in [1.82, 2.24) is 14.5 Å². The van der Waals surface area contributed by atoms with Gasteiger partial charge in [0.15, 0.2) is 0 Å². The maximum Gasteiger partial charge on any atom is 0.335 e. The molecule has 2 aromatic carbocycles. The van der Waals surface area contributed by atoms with Gasteiger partial charge in [-0.2, -0.15) is 0 Å². The zero-order valence-electron chi connectivity index (χ0n) is 19.0. The molecule has 0 fully saturated rings. The maximum atomic E-state index is 11.5. The first-order valence-electron chi connectivity index (χ1n) is 11.1. The van der Waals surface area contributed by atoms with Crippen molar-refractivity contribution in [2.75, 3.05) is 11.9 Å². The molecular weight excluding hydrogens is 436 g/mol. The van der Waals surface area contributed by atoms with E-state index in [9.17, 15) is 9.90 Å². The second kappa shape index (κ2) is 9.63. The van der Waals surface area contributed by atoms with Gasteiger partial charge < -0.3 is 15.0 Å². The van der Waals surface area contributed by atoms with Gasteiger partial charge in [-0.25, -0.2) is 14.8 Å². The summed E-state index contributed by atoms with van der Waals surface area (Å²) >= 11 is 6.53. The summed E-state index contributed by atoms with van der Waals surface area (Å²) in [5.41, 5.74) is 6.14. The summed E-state index contributed by atoms with van der Waals surface area (Å²) in [5, 5.41) is 14.7. The number of nitrogens with one attached hydrogen (secondary N) is 1. The van der Waals surface area contributed by atoms with Crippen molar-refractivity contribution in [3.05, 3.63) is 76.2 Å². The first kappa shape index (κ1) is 22.8. The molecule has 33 heavy (non-hydrogen) atoms.